The summed E-state index contributed by atoms with van der Waals surface area (Å²) in [5, 5.41) is 7.12. The van der Waals surface area contributed by atoms with Gasteiger partial charge in [0.25, 0.3) is 16.1 Å². The van der Waals surface area contributed by atoms with Crippen molar-refractivity contribution in [2.75, 3.05) is 33.8 Å². The summed E-state index contributed by atoms with van der Waals surface area (Å²) in [6.07, 6.45) is -1.95. The van der Waals surface area contributed by atoms with Gasteiger partial charge in [-0.1, -0.05) is 0 Å². The van der Waals surface area contributed by atoms with Gasteiger partial charge in [0.05, 0.1) is 12.2 Å². The van der Waals surface area contributed by atoms with Crippen LogP contribution in [-0.4, -0.2) is 84.8 Å². The van der Waals surface area contributed by atoms with E-state index < -0.39 is 33.8 Å². The molecule has 2 atom stereocenters. The largest absolute Gasteiger partial charge is 0.490 e. The van der Waals surface area contributed by atoms with Crippen LogP contribution in [-0.2, 0) is 19.7 Å². The van der Waals surface area contributed by atoms with E-state index >= 15 is 0 Å². The molecule has 1 aromatic heterocycles. The number of hydrogen-bond acceptors (Lipinski definition) is 6. The van der Waals surface area contributed by atoms with Gasteiger partial charge >= 0.3 is 12.1 Å². The van der Waals surface area contributed by atoms with Crippen LogP contribution < -0.4 is 4.74 Å². The van der Waals surface area contributed by atoms with Gasteiger partial charge in [0, 0.05) is 39.8 Å². The van der Waals surface area contributed by atoms with Gasteiger partial charge in [0.15, 0.2) is 5.82 Å². The number of hydrogen-bond donors (Lipinski definition) is 1. The van der Waals surface area contributed by atoms with Gasteiger partial charge in [0.1, 0.15) is 6.10 Å². The molecule has 0 aliphatic carbocycles. The lowest BCUT2D eigenvalue weighted by Crippen LogP contribution is -2.53. The molecule has 2 fully saturated rings. The Bertz CT molecular complexity index is 883. The normalized spacial score (nSPS) is 24.7. The third-order valence-corrected chi connectivity index (χ3v) is 6.60. The van der Waals surface area contributed by atoms with Gasteiger partial charge in [-0.25, -0.2) is 14.2 Å². The van der Waals surface area contributed by atoms with Crippen molar-refractivity contribution in [1.82, 2.24) is 13.6 Å². The lowest BCUT2D eigenvalue weighted by molar-refractivity contribution is -0.192. The highest BCUT2D eigenvalue weighted by Crippen LogP contribution is 2.37. The molecule has 0 saturated carbocycles. The number of nitrogens with zero attached hydrogens (tertiary/aromatic N) is 3. The van der Waals surface area contributed by atoms with Gasteiger partial charge in [0.2, 0.25) is 0 Å². The lowest BCUT2D eigenvalue weighted by Gasteiger charge is -2.39. The van der Waals surface area contributed by atoms with Gasteiger partial charge in [-0.2, -0.15) is 30.2 Å². The van der Waals surface area contributed by atoms with E-state index in [1.54, 1.807) is 0 Å². The smallest absolute Gasteiger partial charge is 0.475 e. The summed E-state index contributed by atoms with van der Waals surface area (Å²) in [4.78, 5) is 12.8. The molecular weight excluding hydrogens is 450 g/mol. The maximum absolute atomic E-state index is 13.7. The summed E-state index contributed by atoms with van der Waals surface area (Å²) >= 11 is 0. The average molecular weight is 473 g/mol. The highest BCUT2D eigenvalue weighted by molar-refractivity contribution is 7.86. The molecule has 1 aromatic rings. The first kappa shape index (κ1) is 25.2. The Labute approximate surface area is 176 Å². The van der Waals surface area contributed by atoms with Crippen molar-refractivity contribution in [3.8, 4) is 5.88 Å². The van der Waals surface area contributed by atoms with E-state index in [-0.39, 0.29) is 18.5 Å². The van der Waals surface area contributed by atoms with E-state index in [4.69, 9.17) is 19.4 Å². The number of piperidine rings is 1. The summed E-state index contributed by atoms with van der Waals surface area (Å²) in [6.45, 7) is 1.07. The first-order valence-electron chi connectivity index (χ1n) is 9.16. The van der Waals surface area contributed by atoms with Gasteiger partial charge in [-0.05, 0) is 25.0 Å². The SMILES string of the molecule is CN(C)S(=O)(=O)N1CCC[C@]2(C[C@H](Oc3ncccc3F)CO2)C1.O=C(O)C(F)(F)F. The Morgan fingerprint density at radius 2 is 2.06 bits per heavy atom. The minimum atomic E-state index is -5.08. The molecule has 176 valence electrons. The van der Waals surface area contributed by atoms with Crippen molar-refractivity contribution in [3.63, 3.8) is 0 Å². The molecule has 1 N–H and O–H groups in total. The predicted octanol–water partition coefficient (Wildman–Crippen LogP) is 1.66. The van der Waals surface area contributed by atoms with Crippen molar-refractivity contribution in [2.24, 2.45) is 0 Å². The summed E-state index contributed by atoms with van der Waals surface area (Å²) in [5.74, 6) is -3.32. The molecule has 0 amide bonds. The molecule has 0 unspecified atom stereocenters. The molecule has 2 aliphatic rings. The molecule has 2 saturated heterocycles. The Morgan fingerprint density at radius 1 is 1.42 bits per heavy atom. The number of carboxylic acids is 1. The van der Waals surface area contributed by atoms with Crippen molar-refractivity contribution in [2.45, 2.75) is 37.1 Å². The molecule has 1 spiro atoms. The summed E-state index contributed by atoms with van der Waals surface area (Å²) < 4.78 is 84.3. The van der Waals surface area contributed by atoms with E-state index in [2.05, 4.69) is 4.98 Å². The topological polar surface area (TPSA) is 109 Å². The zero-order chi connectivity index (χ0) is 23.4. The Balaban J connectivity index is 0.000000423. The van der Waals surface area contributed by atoms with E-state index in [0.29, 0.717) is 19.6 Å². The molecule has 2 aliphatic heterocycles. The number of rotatable bonds is 4. The number of alkyl halides is 3. The molecule has 31 heavy (non-hydrogen) atoms. The van der Waals surface area contributed by atoms with Crippen molar-refractivity contribution in [3.05, 3.63) is 24.1 Å². The Kier molecular flexibility index (Phi) is 7.84. The summed E-state index contributed by atoms with van der Waals surface area (Å²) in [5.41, 5.74) is -0.572. The van der Waals surface area contributed by atoms with Crippen LogP contribution in [0.1, 0.15) is 19.3 Å². The first-order chi connectivity index (χ1) is 14.3. The second kappa shape index (κ2) is 9.63. The number of carboxylic acid groups (broad SMARTS) is 1. The van der Waals surface area contributed by atoms with Crippen LogP contribution in [0, 0.1) is 5.82 Å². The first-order valence-corrected chi connectivity index (χ1v) is 10.6. The molecule has 9 nitrogen and oxygen atoms in total. The van der Waals surface area contributed by atoms with Crippen molar-refractivity contribution in [1.29, 1.82) is 0 Å². The van der Waals surface area contributed by atoms with E-state index in [9.17, 15) is 26.0 Å². The fraction of sp³-hybridized carbons (Fsp3) is 0.647. The molecule has 0 aromatic carbocycles. The molecule has 0 radical (unpaired) electrons. The molecule has 3 heterocycles. The highest BCUT2D eigenvalue weighted by Gasteiger charge is 2.47. The van der Waals surface area contributed by atoms with Crippen LogP contribution >= 0.6 is 0 Å². The highest BCUT2D eigenvalue weighted by atomic mass is 32.2. The van der Waals surface area contributed by atoms with Crippen LogP contribution in [0.4, 0.5) is 17.6 Å². The monoisotopic (exact) mass is 473 g/mol. The third-order valence-electron chi connectivity index (χ3n) is 4.71. The van der Waals surface area contributed by atoms with Crippen LogP contribution in [0.5, 0.6) is 5.88 Å². The summed E-state index contributed by atoms with van der Waals surface area (Å²) in [7, 11) is -0.441. The van der Waals surface area contributed by atoms with Gasteiger partial charge in [-0.15, -0.1) is 0 Å². The number of carbonyl (C=O) groups is 1. The Morgan fingerprint density at radius 3 is 2.61 bits per heavy atom. The number of pyridine rings is 1. The predicted molar refractivity (Wildman–Crippen MR) is 99.0 cm³/mol. The minimum absolute atomic E-state index is 0.0447. The van der Waals surface area contributed by atoms with Crippen LogP contribution in [0.2, 0.25) is 0 Å². The summed E-state index contributed by atoms with van der Waals surface area (Å²) in [6, 6.07) is 2.79. The van der Waals surface area contributed by atoms with E-state index in [1.165, 1.54) is 41.0 Å². The molecule has 3 rings (SSSR count). The van der Waals surface area contributed by atoms with Gasteiger partial charge in [-0.3, -0.25) is 0 Å². The fourth-order valence-corrected chi connectivity index (χ4v) is 4.48. The number of aromatic nitrogens is 1. The zero-order valence-corrected chi connectivity index (χ0v) is 17.6. The van der Waals surface area contributed by atoms with Crippen LogP contribution in [0.15, 0.2) is 18.3 Å². The quantitative estimate of drug-likeness (QED) is 0.663. The molecule has 14 heteroatoms. The van der Waals surface area contributed by atoms with Gasteiger partial charge < -0.3 is 14.6 Å². The third kappa shape index (κ3) is 6.48. The van der Waals surface area contributed by atoms with E-state index in [1.807, 2.05) is 0 Å². The van der Waals surface area contributed by atoms with Crippen molar-refractivity contribution >= 4 is 16.2 Å². The second-order valence-corrected chi connectivity index (χ2v) is 9.40. The number of ether oxygens (including phenoxy) is 2. The maximum Gasteiger partial charge on any atom is 0.490 e. The maximum atomic E-state index is 13.7. The molecular formula is C17H23F4N3O6S. The minimum Gasteiger partial charge on any atom is -0.475 e. The second-order valence-electron chi connectivity index (χ2n) is 7.26. The number of aliphatic carboxylic acids is 1. The molecule has 0 bridgehead atoms. The van der Waals surface area contributed by atoms with E-state index in [0.717, 1.165) is 12.8 Å². The fourth-order valence-electron chi connectivity index (χ4n) is 3.26. The average Bonchev–Trinajstić information content (AvgIpc) is 3.05. The van der Waals surface area contributed by atoms with Crippen LogP contribution in [0.25, 0.3) is 0 Å². The number of halogens is 4. The van der Waals surface area contributed by atoms with Crippen LogP contribution in [0.3, 0.4) is 0 Å². The lowest BCUT2D eigenvalue weighted by atomic mass is 9.90. The Hall–Kier alpha value is -2.03. The zero-order valence-electron chi connectivity index (χ0n) is 16.8. The standard InChI is InChI=1S/C15H22FN3O4S.C2HF3O2/c1-18(2)24(20,21)19-8-4-6-15(11-19)9-12(10-22-15)23-14-13(16)5-3-7-17-14;3-2(4,5)1(6)7/h3,5,7,12H,4,6,8-11H2,1-2H3;(H,6,7)/t12-,15-;/m0./s1. The van der Waals surface area contributed by atoms with Crippen molar-refractivity contribution < 1.29 is 45.4 Å².